The van der Waals surface area contributed by atoms with E-state index in [1.807, 2.05) is 12.1 Å². The summed E-state index contributed by atoms with van der Waals surface area (Å²) in [4.78, 5) is 13.0. The highest BCUT2D eigenvalue weighted by Gasteiger charge is 2.30. The topological polar surface area (TPSA) is 94.2 Å². The number of carbonyl (C=O) groups is 1. The maximum absolute atomic E-state index is 13.7. The molecular formula is C26H29ClN2O6S. The van der Waals surface area contributed by atoms with Crippen LogP contribution in [0.5, 0.6) is 17.2 Å². The van der Waals surface area contributed by atoms with E-state index in [-0.39, 0.29) is 22.2 Å². The number of sulfonamides is 1. The van der Waals surface area contributed by atoms with Crippen molar-refractivity contribution in [3.8, 4) is 17.2 Å². The first kappa shape index (κ1) is 27.3. The van der Waals surface area contributed by atoms with Gasteiger partial charge in [0.1, 0.15) is 10.6 Å². The molecule has 3 rings (SSSR count). The molecule has 36 heavy (non-hydrogen) atoms. The number of benzene rings is 3. The lowest BCUT2D eigenvalue weighted by molar-refractivity contribution is -0.122. The van der Waals surface area contributed by atoms with Crippen molar-refractivity contribution in [1.29, 1.82) is 0 Å². The summed E-state index contributed by atoms with van der Waals surface area (Å²) in [5.74, 6) is 0.752. The average molecular weight is 533 g/mol. The Hall–Kier alpha value is -3.27. The Morgan fingerprint density at radius 1 is 0.917 bits per heavy atom. The molecule has 0 fully saturated rings. The highest BCUT2D eigenvalue weighted by atomic mass is 35.5. The normalized spacial score (nSPS) is 12.2. The van der Waals surface area contributed by atoms with Gasteiger partial charge in [-0.1, -0.05) is 48.0 Å². The third-order valence-electron chi connectivity index (χ3n) is 5.55. The SMILES string of the molecule is COc1ccc(C(C)NC(=O)CN(Cc2ccccc2)S(=O)(=O)c2cc(Cl)ccc2OC)cc1OC. The zero-order valence-corrected chi connectivity index (χ0v) is 22.1. The van der Waals surface area contributed by atoms with Crippen LogP contribution >= 0.6 is 11.6 Å². The summed E-state index contributed by atoms with van der Waals surface area (Å²) in [6.07, 6.45) is 0. The molecule has 0 aromatic heterocycles. The van der Waals surface area contributed by atoms with Crippen LogP contribution in [-0.2, 0) is 21.4 Å². The van der Waals surface area contributed by atoms with E-state index in [1.54, 1.807) is 56.5 Å². The second-order valence-electron chi connectivity index (χ2n) is 7.96. The molecule has 1 atom stereocenters. The van der Waals surface area contributed by atoms with Gasteiger partial charge >= 0.3 is 0 Å². The van der Waals surface area contributed by atoms with Crippen molar-refractivity contribution in [1.82, 2.24) is 9.62 Å². The van der Waals surface area contributed by atoms with Crippen LogP contribution in [0.4, 0.5) is 0 Å². The van der Waals surface area contributed by atoms with E-state index < -0.39 is 28.5 Å². The van der Waals surface area contributed by atoms with Gasteiger partial charge in [-0.3, -0.25) is 4.79 Å². The molecule has 0 aliphatic carbocycles. The Labute approximate surface area is 216 Å². The molecule has 8 nitrogen and oxygen atoms in total. The summed E-state index contributed by atoms with van der Waals surface area (Å²) in [6.45, 7) is 1.37. The number of nitrogens with zero attached hydrogens (tertiary/aromatic N) is 1. The van der Waals surface area contributed by atoms with Crippen LogP contribution < -0.4 is 19.5 Å². The number of carbonyl (C=O) groups excluding carboxylic acids is 1. The number of hydrogen-bond donors (Lipinski definition) is 1. The molecular weight excluding hydrogens is 504 g/mol. The number of hydrogen-bond acceptors (Lipinski definition) is 6. The van der Waals surface area contributed by atoms with Crippen molar-refractivity contribution < 1.29 is 27.4 Å². The Kier molecular flexibility index (Phi) is 9.19. The van der Waals surface area contributed by atoms with Crippen molar-refractivity contribution in [2.24, 2.45) is 0 Å². The first-order chi connectivity index (χ1) is 17.2. The van der Waals surface area contributed by atoms with Crippen LogP contribution in [0.15, 0.2) is 71.6 Å². The van der Waals surface area contributed by atoms with Gasteiger partial charge in [0.25, 0.3) is 0 Å². The van der Waals surface area contributed by atoms with Crippen molar-refractivity contribution in [2.45, 2.75) is 24.4 Å². The summed E-state index contributed by atoms with van der Waals surface area (Å²) < 4.78 is 44.4. The molecule has 0 spiro atoms. The summed E-state index contributed by atoms with van der Waals surface area (Å²) >= 11 is 6.10. The quantitative estimate of drug-likeness (QED) is 0.392. The standard InChI is InChI=1S/C26H29ClN2O6S/c1-18(20-10-12-22(33-2)24(14-20)35-4)28-26(30)17-29(16-19-8-6-5-7-9-19)36(31,32)25-15-21(27)11-13-23(25)34-3/h5-15,18H,16-17H2,1-4H3,(H,28,30). The molecule has 0 heterocycles. The molecule has 0 aliphatic heterocycles. The Morgan fingerprint density at radius 2 is 1.56 bits per heavy atom. The van der Waals surface area contributed by atoms with Gasteiger partial charge in [-0.25, -0.2) is 8.42 Å². The molecule has 10 heteroatoms. The minimum absolute atomic E-state index is 0.0169. The highest BCUT2D eigenvalue weighted by molar-refractivity contribution is 7.89. The van der Waals surface area contributed by atoms with E-state index in [0.717, 1.165) is 15.4 Å². The Morgan fingerprint density at radius 3 is 2.19 bits per heavy atom. The smallest absolute Gasteiger partial charge is 0.247 e. The Balaban J connectivity index is 1.88. The fourth-order valence-electron chi connectivity index (χ4n) is 3.66. The molecule has 1 N–H and O–H groups in total. The minimum Gasteiger partial charge on any atom is -0.495 e. The second-order valence-corrected chi connectivity index (χ2v) is 10.3. The predicted octanol–water partition coefficient (Wildman–Crippen LogP) is 4.43. The molecule has 3 aromatic carbocycles. The van der Waals surface area contributed by atoms with E-state index in [4.69, 9.17) is 25.8 Å². The Bertz CT molecular complexity index is 1300. The number of halogens is 1. The van der Waals surface area contributed by atoms with Crippen LogP contribution in [0.2, 0.25) is 5.02 Å². The summed E-state index contributed by atoms with van der Waals surface area (Å²) in [7, 11) is 0.293. The molecule has 0 bridgehead atoms. The van der Waals surface area contributed by atoms with Crippen LogP contribution in [0, 0.1) is 0 Å². The number of methoxy groups -OCH3 is 3. The van der Waals surface area contributed by atoms with Gasteiger partial charge in [0.15, 0.2) is 11.5 Å². The fraction of sp³-hybridized carbons (Fsp3) is 0.269. The number of nitrogens with one attached hydrogen (secondary N) is 1. The van der Waals surface area contributed by atoms with E-state index in [9.17, 15) is 13.2 Å². The van der Waals surface area contributed by atoms with Crippen LogP contribution in [0.3, 0.4) is 0 Å². The highest BCUT2D eigenvalue weighted by Crippen LogP contribution is 2.31. The third-order valence-corrected chi connectivity index (χ3v) is 7.60. The maximum atomic E-state index is 13.7. The fourth-order valence-corrected chi connectivity index (χ4v) is 5.46. The van der Waals surface area contributed by atoms with E-state index in [0.29, 0.717) is 11.5 Å². The van der Waals surface area contributed by atoms with Crippen molar-refractivity contribution in [3.63, 3.8) is 0 Å². The molecule has 3 aromatic rings. The zero-order valence-electron chi connectivity index (χ0n) is 20.5. The molecule has 0 radical (unpaired) electrons. The first-order valence-corrected chi connectivity index (χ1v) is 12.9. The van der Waals surface area contributed by atoms with Crippen molar-refractivity contribution >= 4 is 27.5 Å². The third kappa shape index (κ3) is 6.48. The molecule has 192 valence electrons. The first-order valence-electron chi connectivity index (χ1n) is 11.1. The van der Waals surface area contributed by atoms with E-state index >= 15 is 0 Å². The summed E-state index contributed by atoms with van der Waals surface area (Å²) in [6, 6.07) is 18.3. The van der Waals surface area contributed by atoms with E-state index in [1.165, 1.54) is 26.4 Å². The zero-order chi connectivity index (χ0) is 26.3. The van der Waals surface area contributed by atoms with E-state index in [2.05, 4.69) is 5.32 Å². The second kappa shape index (κ2) is 12.1. The summed E-state index contributed by atoms with van der Waals surface area (Å²) in [5, 5.41) is 3.10. The monoisotopic (exact) mass is 532 g/mol. The number of amides is 1. The van der Waals surface area contributed by atoms with Gasteiger partial charge in [-0.15, -0.1) is 0 Å². The minimum atomic E-state index is -4.15. The van der Waals surface area contributed by atoms with Gasteiger partial charge in [0.05, 0.1) is 33.9 Å². The van der Waals surface area contributed by atoms with Gasteiger partial charge in [-0.2, -0.15) is 4.31 Å². The van der Waals surface area contributed by atoms with Gasteiger partial charge in [0, 0.05) is 11.6 Å². The number of rotatable bonds is 11. The largest absolute Gasteiger partial charge is 0.495 e. The van der Waals surface area contributed by atoms with Crippen LogP contribution in [-0.4, -0.2) is 46.5 Å². The lowest BCUT2D eigenvalue weighted by Crippen LogP contribution is -2.41. The van der Waals surface area contributed by atoms with Crippen molar-refractivity contribution in [2.75, 3.05) is 27.9 Å². The lowest BCUT2D eigenvalue weighted by Gasteiger charge is -2.24. The average Bonchev–Trinajstić information content (AvgIpc) is 2.88. The molecule has 0 saturated carbocycles. The van der Waals surface area contributed by atoms with Gasteiger partial charge in [0.2, 0.25) is 15.9 Å². The van der Waals surface area contributed by atoms with Crippen LogP contribution in [0.1, 0.15) is 24.1 Å². The van der Waals surface area contributed by atoms with Gasteiger partial charge < -0.3 is 19.5 Å². The maximum Gasteiger partial charge on any atom is 0.247 e. The van der Waals surface area contributed by atoms with Crippen LogP contribution in [0.25, 0.3) is 0 Å². The number of ether oxygens (including phenoxy) is 3. The molecule has 1 unspecified atom stereocenters. The molecule has 1 amide bonds. The molecule has 0 aliphatic rings. The van der Waals surface area contributed by atoms with Crippen molar-refractivity contribution in [3.05, 3.63) is 82.9 Å². The lowest BCUT2D eigenvalue weighted by atomic mass is 10.1. The summed E-state index contributed by atoms with van der Waals surface area (Å²) in [5.41, 5.74) is 1.50. The van der Waals surface area contributed by atoms with Gasteiger partial charge in [-0.05, 0) is 48.4 Å². The molecule has 0 saturated heterocycles. The predicted molar refractivity (Wildman–Crippen MR) is 138 cm³/mol.